The highest BCUT2D eigenvalue weighted by molar-refractivity contribution is 9.10. The van der Waals surface area contributed by atoms with Crippen molar-refractivity contribution in [3.05, 3.63) is 52.5 Å². The normalized spacial score (nSPS) is 13.1. The van der Waals surface area contributed by atoms with Crippen molar-refractivity contribution in [3.8, 4) is 11.5 Å². The molecule has 0 bridgehead atoms. The second kappa shape index (κ2) is 5.53. The van der Waals surface area contributed by atoms with E-state index in [-0.39, 0.29) is 0 Å². The average Bonchev–Trinajstić information content (AvgIpc) is 2.46. The van der Waals surface area contributed by atoms with Crippen LogP contribution in [0.2, 0.25) is 0 Å². The predicted octanol–water partition coefficient (Wildman–Crippen LogP) is 3.83. The number of hydrogen-bond donors (Lipinski definition) is 1. The number of nitrogens with one attached hydrogen (secondary N) is 1. The van der Waals surface area contributed by atoms with Crippen LogP contribution in [0.25, 0.3) is 0 Å². The first-order valence-corrected chi connectivity index (χ1v) is 6.98. The summed E-state index contributed by atoms with van der Waals surface area (Å²) in [5.74, 6) is 1.67. The monoisotopic (exact) mass is 319 g/mol. The first kappa shape index (κ1) is 12.4. The van der Waals surface area contributed by atoms with Gasteiger partial charge in [0.2, 0.25) is 0 Å². The van der Waals surface area contributed by atoms with E-state index in [4.69, 9.17) is 9.47 Å². The van der Waals surface area contributed by atoms with E-state index in [9.17, 15) is 0 Å². The number of rotatable bonds is 3. The summed E-state index contributed by atoms with van der Waals surface area (Å²) in [7, 11) is 0. The Morgan fingerprint density at radius 3 is 2.47 bits per heavy atom. The molecule has 0 unspecified atom stereocenters. The first-order chi connectivity index (χ1) is 9.31. The van der Waals surface area contributed by atoms with Crippen LogP contribution >= 0.6 is 15.9 Å². The molecular weight excluding hydrogens is 306 g/mol. The smallest absolute Gasteiger partial charge is 0.161 e. The highest BCUT2D eigenvalue weighted by Gasteiger charge is 2.11. The minimum atomic E-state index is 0.622. The number of ether oxygens (including phenoxy) is 2. The molecular formula is C15H14BrNO2. The van der Waals surface area contributed by atoms with E-state index < -0.39 is 0 Å². The van der Waals surface area contributed by atoms with Crippen molar-refractivity contribution in [2.45, 2.75) is 6.54 Å². The molecule has 0 spiro atoms. The summed E-state index contributed by atoms with van der Waals surface area (Å²) >= 11 is 3.42. The standard InChI is InChI=1S/C15H14BrNO2/c16-12-2-4-13(5-3-12)17-10-11-1-6-14-15(9-11)19-8-7-18-14/h1-6,9,17H,7-8,10H2. The summed E-state index contributed by atoms with van der Waals surface area (Å²) < 4.78 is 12.2. The molecule has 0 fully saturated rings. The van der Waals surface area contributed by atoms with E-state index in [2.05, 4.69) is 27.3 Å². The molecule has 1 aliphatic rings. The van der Waals surface area contributed by atoms with Gasteiger partial charge in [0.1, 0.15) is 13.2 Å². The van der Waals surface area contributed by atoms with Gasteiger partial charge in [0.15, 0.2) is 11.5 Å². The van der Waals surface area contributed by atoms with Gasteiger partial charge < -0.3 is 14.8 Å². The van der Waals surface area contributed by atoms with Gasteiger partial charge in [0.05, 0.1) is 0 Å². The van der Waals surface area contributed by atoms with Crippen LogP contribution in [0.5, 0.6) is 11.5 Å². The van der Waals surface area contributed by atoms with Crippen molar-refractivity contribution < 1.29 is 9.47 Å². The summed E-state index contributed by atoms with van der Waals surface area (Å²) in [6, 6.07) is 14.2. The molecule has 2 aromatic carbocycles. The molecule has 3 rings (SSSR count). The number of hydrogen-bond acceptors (Lipinski definition) is 3. The minimum absolute atomic E-state index is 0.622. The summed E-state index contributed by atoms with van der Waals surface area (Å²) in [5.41, 5.74) is 2.27. The lowest BCUT2D eigenvalue weighted by Crippen LogP contribution is -2.15. The fourth-order valence-corrected chi connectivity index (χ4v) is 2.23. The van der Waals surface area contributed by atoms with Crippen LogP contribution in [0.15, 0.2) is 46.9 Å². The predicted molar refractivity (Wildman–Crippen MR) is 78.9 cm³/mol. The van der Waals surface area contributed by atoms with E-state index in [1.165, 1.54) is 5.56 Å². The summed E-state index contributed by atoms with van der Waals surface area (Å²) in [5, 5.41) is 3.38. The highest BCUT2D eigenvalue weighted by Crippen LogP contribution is 2.30. The van der Waals surface area contributed by atoms with Gasteiger partial charge in [0.25, 0.3) is 0 Å². The maximum Gasteiger partial charge on any atom is 0.161 e. The molecule has 3 nitrogen and oxygen atoms in total. The zero-order valence-corrected chi connectivity index (χ0v) is 11.9. The third-order valence-corrected chi connectivity index (χ3v) is 3.48. The van der Waals surface area contributed by atoms with Crippen molar-refractivity contribution in [2.24, 2.45) is 0 Å². The van der Waals surface area contributed by atoms with Crippen LogP contribution in [0.3, 0.4) is 0 Å². The van der Waals surface area contributed by atoms with Crippen LogP contribution in [-0.2, 0) is 6.54 Å². The SMILES string of the molecule is Brc1ccc(NCc2ccc3c(c2)OCCO3)cc1. The Bertz CT molecular complexity index is 569. The molecule has 98 valence electrons. The molecule has 1 heterocycles. The largest absolute Gasteiger partial charge is 0.486 e. The molecule has 4 heteroatoms. The number of anilines is 1. The molecule has 0 aromatic heterocycles. The molecule has 0 atom stereocenters. The molecule has 1 aliphatic heterocycles. The summed E-state index contributed by atoms with van der Waals surface area (Å²) in [6.07, 6.45) is 0. The highest BCUT2D eigenvalue weighted by atomic mass is 79.9. The Morgan fingerprint density at radius 1 is 0.947 bits per heavy atom. The Labute approximate surface area is 120 Å². The van der Waals surface area contributed by atoms with Crippen molar-refractivity contribution in [1.82, 2.24) is 0 Å². The van der Waals surface area contributed by atoms with Gasteiger partial charge in [-0.2, -0.15) is 0 Å². The minimum Gasteiger partial charge on any atom is -0.486 e. The lowest BCUT2D eigenvalue weighted by Gasteiger charge is -2.19. The molecule has 0 radical (unpaired) electrons. The molecule has 0 saturated heterocycles. The Kier molecular flexibility index (Phi) is 3.60. The Morgan fingerprint density at radius 2 is 1.68 bits per heavy atom. The van der Waals surface area contributed by atoms with Crippen molar-refractivity contribution in [2.75, 3.05) is 18.5 Å². The molecule has 1 N–H and O–H groups in total. The maximum absolute atomic E-state index is 5.57. The molecule has 0 saturated carbocycles. The fraction of sp³-hybridized carbons (Fsp3) is 0.200. The van der Waals surface area contributed by atoms with Gasteiger partial charge in [-0.1, -0.05) is 22.0 Å². The van der Waals surface area contributed by atoms with E-state index in [1.807, 2.05) is 36.4 Å². The lowest BCUT2D eigenvalue weighted by molar-refractivity contribution is 0.171. The summed E-state index contributed by atoms with van der Waals surface area (Å²) in [6.45, 7) is 2.01. The van der Waals surface area contributed by atoms with Gasteiger partial charge in [-0.3, -0.25) is 0 Å². The second-order valence-electron chi connectivity index (χ2n) is 4.34. The van der Waals surface area contributed by atoms with Crippen LogP contribution < -0.4 is 14.8 Å². The zero-order chi connectivity index (χ0) is 13.1. The number of fused-ring (bicyclic) bond motifs is 1. The van der Waals surface area contributed by atoms with Gasteiger partial charge in [-0.25, -0.2) is 0 Å². The molecule has 0 amide bonds. The molecule has 0 aliphatic carbocycles. The summed E-state index contributed by atoms with van der Waals surface area (Å²) in [4.78, 5) is 0. The van der Waals surface area contributed by atoms with Gasteiger partial charge in [-0.05, 0) is 42.0 Å². The van der Waals surface area contributed by atoms with Crippen molar-refractivity contribution in [3.63, 3.8) is 0 Å². The number of benzene rings is 2. The van der Waals surface area contributed by atoms with Crippen LogP contribution in [-0.4, -0.2) is 13.2 Å². The van der Waals surface area contributed by atoms with Crippen LogP contribution in [0, 0.1) is 0 Å². The van der Waals surface area contributed by atoms with E-state index in [0.717, 1.165) is 28.2 Å². The Hall–Kier alpha value is -1.68. The fourth-order valence-electron chi connectivity index (χ4n) is 1.97. The average molecular weight is 320 g/mol. The van der Waals surface area contributed by atoms with Gasteiger partial charge in [0, 0.05) is 16.7 Å². The second-order valence-corrected chi connectivity index (χ2v) is 5.25. The lowest BCUT2D eigenvalue weighted by atomic mass is 10.2. The van der Waals surface area contributed by atoms with Crippen molar-refractivity contribution in [1.29, 1.82) is 0 Å². The third kappa shape index (κ3) is 3.01. The number of halogens is 1. The van der Waals surface area contributed by atoms with E-state index >= 15 is 0 Å². The van der Waals surface area contributed by atoms with E-state index in [1.54, 1.807) is 0 Å². The molecule has 19 heavy (non-hydrogen) atoms. The maximum atomic E-state index is 5.57. The van der Waals surface area contributed by atoms with Crippen molar-refractivity contribution >= 4 is 21.6 Å². The van der Waals surface area contributed by atoms with E-state index in [0.29, 0.717) is 13.2 Å². The molecule has 2 aromatic rings. The topological polar surface area (TPSA) is 30.5 Å². The van der Waals surface area contributed by atoms with Gasteiger partial charge >= 0.3 is 0 Å². The first-order valence-electron chi connectivity index (χ1n) is 6.19. The third-order valence-electron chi connectivity index (χ3n) is 2.95. The Balaban J connectivity index is 1.68. The van der Waals surface area contributed by atoms with Crippen LogP contribution in [0.4, 0.5) is 5.69 Å². The van der Waals surface area contributed by atoms with Gasteiger partial charge in [-0.15, -0.1) is 0 Å². The van der Waals surface area contributed by atoms with Crippen LogP contribution in [0.1, 0.15) is 5.56 Å². The quantitative estimate of drug-likeness (QED) is 0.932. The zero-order valence-electron chi connectivity index (χ0n) is 10.4.